The van der Waals surface area contributed by atoms with Crippen LogP contribution in [-0.4, -0.2) is 18.3 Å². The van der Waals surface area contributed by atoms with Gasteiger partial charge in [0.1, 0.15) is 23.5 Å². The van der Waals surface area contributed by atoms with Gasteiger partial charge in [-0.1, -0.05) is 0 Å². The summed E-state index contributed by atoms with van der Waals surface area (Å²) in [6.07, 6.45) is 4.19. The van der Waals surface area contributed by atoms with Gasteiger partial charge < -0.3 is 0 Å². The second kappa shape index (κ2) is 4.82. The van der Waals surface area contributed by atoms with Crippen LogP contribution < -0.4 is 0 Å². The normalized spacial score (nSPS) is 8.55. The van der Waals surface area contributed by atoms with Crippen LogP contribution in [0.25, 0.3) is 0 Å². The quantitative estimate of drug-likeness (QED) is 0.458. The monoisotopic (exact) mass is 167 g/mol. The van der Waals surface area contributed by atoms with Gasteiger partial charge in [0.25, 0.3) is 0 Å². The molecule has 0 rings (SSSR count). The largest absolute Gasteiger partial charge is 0.192 e. The third-order valence-corrected chi connectivity index (χ3v) is 2.17. The molecule has 0 N–H and O–H groups in total. The third-order valence-electron chi connectivity index (χ3n) is 1.16. The van der Waals surface area contributed by atoms with Crippen LogP contribution in [0.2, 0.25) is 0 Å². The average Bonchev–Trinajstić information content (AvgIpc) is 1.88. The van der Waals surface area contributed by atoms with E-state index in [0.717, 1.165) is 11.3 Å². The first-order chi connectivity index (χ1) is 5.11. The molecule has 3 heteroatoms. The van der Waals surface area contributed by atoms with Crippen LogP contribution in [0.5, 0.6) is 0 Å². The molecule has 0 aromatic heterocycles. The first-order valence-electron chi connectivity index (χ1n) is 3.16. The van der Waals surface area contributed by atoms with E-state index in [4.69, 9.17) is 10.5 Å². The van der Waals surface area contributed by atoms with Crippen molar-refractivity contribution < 1.29 is 0 Å². The highest BCUT2D eigenvalue weighted by Gasteiger charge is 2.08. The molecule has 0 saturated carbocycles. The third kappa shape index (κ3) is 3.70. The molecule has 0 heterocycles. The second-order valence-electron chi connectivity index (χ2n) is 2.51. The van der Waals surface area contributed by atoms with Crippen molar-refractivity contribution in [2.75, 3.05) is 18.3 Å². The Balaban J connectivity index is 4.43. The molecule has 11 heavy (non-hydrogen) atoms. The maximum atomic E-state index is 8.48. The highest BCUT2D eigenvalue weighted by atomic mass is 32.2. The first kappa shape index (κ1) is 10.1. The topological polar surface area (TPSA) is 47.6 Å². The standard InChI is InChI=1S/C8H11N2S/c1-7(6-11(2)3)8(4-9)5-10/h6H2,1-3H3/q+1. The zero-order valence-corrected chi connectivity index (χ0v) is 7.83. The average molecular weight is 167 g/mol. The Kier molecular flexibility index (Phi) is 4.41. The fourth-order valence-corrected chi connectivity index (χ4v) is 1.73. The lowest BCUT2D eigenvalue weighted by Gasteiger charge is -1.95. The van der Waals surface area contributed by atoms with E-state index in [9.17, 15) is 0 Å². The SMILES string of the molecule is CC(C[S+](C)C)=C(C#N)C#N. The molecule has 0 aliphatic heterocycles. The molecule has 0 aromatic rings. The van der Waals surface area contributed by atoms with Crippen LogP contribution in [0.3, 0.4) is 0 Å². The Labute approximate surface area is 70.5 Å². The lowest BCUT2D eigenvalue weighted by Crippen LogP contribution is -2.04. The molecule has 0 saturated heterocycles. The van der Waals surface area contributed by atoms with Gasteiger partial charge in [-0.05, 0) is 17.8 Å². The molecule has 0 amide bonds. The summed E-state index contributed by atoms with van der Waals surface area (Å²) in [4.78, 5) is 0. The van der Waals surface area contributed by atoms with Gasteiger partial charge in [0, 0.05) is 5.57 Å². The lowest BCUT2D eigenvalue weighted by atomic mass is 10.2. The molecular weight excluding hydrogens is 156 g/mol. The van der Waals surface area contributed by atoms with E-state index < -0.39 is 0 Å². The van der Waals surface area contributed by atoms with Gasteiger partial charge in [0.15, 0.2) is 0 Å². The van der Waals surface area contributed by atoms with Gasteiger partial charge >= 0.3 is 0 Å². The fraction of sp³-hybridized carbons (Fsp3) is 0.500. The van der Waals surface area contributed by atoms with Gasteiger partial charge in [-0.3, -0.25) is 0 Å². The van der Waals surface area contributed by atoms with Crippen molar-refractivity contribution in [2.45, 2.75) is 6.92 Å². The van der Waals surface area contributed by atoms with Crippen molar-refractivity contribution in [3.05, 3.63) is 11.1 Å². The maximum Gasteiger partial charge on any atom is 0.133 e. The van der Waals surface area contributed by atoms with Crippen LogP contribution >= 0.6 is 0 Å². The van der Waals surface area contributed by atoms with Crippen LogP contribution in [0, 0.1) is 22.7 Å². The van der Waals surface area contributed by atoms with E-state index in [1.54, 1.807) is 0 Å². The van der Waals surface area contributed by atoms with Crippen LogP contribution in [0.1, 0.15) is 6.92 Å². The summed E-state index contributed by atoms with van der Waals surface area (Å²) in [7, 11) is 0.270. The number of nitrogens with zero attached hydrogens (tertiary/aromatic N) is 2. The van der Waals surface area contributed by atoms with E-state index in [-0.39, 0.29) is 16.5 Å². The van der Waals surface area contributed by atoms with Crippen molar-refractivity contribution >= 4 is 10.9 Å². The van der Waals surface area contributed by atoms with Crippen molar-refractivity contribution in [1.29, 1.82) is 10.5 Å². The predicted molar refractivity (Wildman–Crippen MR) is 48.0 cm³/mol. The van der Waals surface area contributed by atoms with E-state index in [0.29, 0.717) is 0 Å². The Morgan fingerprint density at radius 1 is 1.27 bits per heavy atom. The Hall–Kier alpha value is -0.930. The van der Waals surface area contributed by atoms with Crippen LogP contribution in [0.15, 0.2) is 11.1 Å². The number of hydrogen-bond acceptors (Lipinski definition) is 2. The second-order valence-corrected chi connectivity index (χ2v) is 4.77. The molecule has 0 radical (unpaired) electrons. The highest BCUT2D eigenvalue weighted by molar-refractivity contribution is 7.95. The summed E-state index contributed by atoms with van der Waals surface area (Å²) in [6, 6.07) is 3.76. The number of nitriles is 2. The van der Waals surface area contributed by atoms with Gasteiger partial charge in [-0.2, -0.15) is 10.5 Å². The maximum absolute atomic E-state index is 8.48. The summed E-state index contributed by atoms with van der Waals surface area (Å²) in [5.41, 5.74) is 1.18. The summed E-state index contributed by atoms with van der Waals surface area (Å²) >= 11 is 0. The predicted octanol–water partition coefficient (Wildman–Crippen LogP) is 1.23. The zero-order valence-electron chi connectivity index (χ0n) is 7.01. The van der Waals surface area contributed by atoms with Crippen LogP contribution in [-0.2, 0) is 10.9 Å². The van der Waals surface area contributed by atoms with Crippen molar-refractivity contribution in [2.24, 2.45) is 0 Å². The van der Waals surface area contributed by atoms with Crippen LogP contribution in [0.4, 0.5) is 0 Å². The zero-order chi connectivity index (χ0) is 8.85. The molecule has 0 aliphatic carbocycles. The molecule has 0 spiro atoms. The van der Waals surface area contributed by atoms with Gasteiger partial charge in [0.05, 0.1) is 12.5 Å². The van der Waals surface area contributed by atoms with Crippen molar-refractivity contribution in [1.82, 2.24) is 0 Å². The Morgan fingerprint density at radius 3 is 2.00 bits per heavy atom. The number of rotatable bonds is 2. The molecule has 2 nitrogen and oxygen atoms in total. The summed E-state index contributed by atoms with van der Waals surface area (Å²) < 4.78 is 0. The molecule has 0 atom stereocenters. The van der Waals surface area contributed by atoms with Gasteiger partial charge in [0.2, 0.25) is 0 Å². The van der Waals surface area contributed by atoms with E-state index >= 15 is 0 Å². The highest BCUT2D eigenvalue weighted by Crippen LogP contribution is 2.04. The van der Waals surface area contributed by atoms with Crippen molar-refractivity contribution in [3.63, 3.8) is 0 Å². The minimum atomic E-state index is 0.270. The molecule has 0 unspecified atom stereocenters. The lowest BCUT2D eigenvalue weighted by molar-refractivity contribution is 1.33. The smallest absolute Gasteiger partial charge is 0.133 e. The molecule has 0 aliphatic rings. The summed E-state index contributed by atoms with van der Waals surface area (Å²) in [5, 5.41) is 17.0. The van der Waals surface area contributed by atoms with E-state index in [1.165, 1.54) is 0 Å². The van der Waals surface area contributed by atoms with Crippen molar-refractivity contribution in [3.8, 4) is 12.1 Å². The van der Waals surface area contributed by atoms with Gasteiger partial charge in [-0.25, -0.2) is 0 Å². The first-order valence-corrected chi connectivity index (χ1v) is 5.37. The molecule has 0 bridgehead atoms. The Morgan fingerprint density at radius 2 is 1.73 bits per heavy atom. The minimum absolute atomic E-state index is 0.270. The summed E-state index contributed by atoms with van der Waals surface area (Å²) in [6.45, 7) is 1.84. The fourth-order valence-electron chi connectivity index (χ4n) is 0.721. The van der Waals surface area contributed by atoms with E-state index in [2.05, 4.69) is 12.5 Å². The summed E-state index contributed by atoms with van der Waals surface area (Å²) in [5.74, 6) is 0.858. The molecular formula is C8H11N2S+. The molecule has 0 aromatic carbocycles. The Bertz CT molecular complexity index is 224. The molecule has 0 fully saturated rings. The number of hydrogen-bond donors (Lipinski definition) is 0. The van der Waals surface area contributed by atoms with Gasteiger partial charge in [-0.15, -0.1) is 0 Å². The minimum Gasteiger partial charge on any atom is -0.192 e. The number of allylic oxidation sites excluding steroid dienone is 1. The van der Waals surface area contributed by atoms with E-state index in [1.807, 2.05) is 19.1 Å². The molecule has 58 valence electrons.